The molecule has 2 N–H and O–H groups in total. The van der Waals surface area contributed by atoms with Crippen LogP contribution in [0.15, 0.2) is 42.5 Å². The van der Waals surface area contributed by atoms with Crippen LogP contribution >= 0.6 is 0 Å². The van der Waals surface area contributed by atoms with E-state index in [4.69, 9.17) is 9.47 Å². The van der Waals surface area contributed by atoms with Gasteiger partial charge in [-0.2, -0.15) is 0 Å². The van der Waals surface area contributed by atoms with Crippen LogP contribution in [0.5, 0.6) is 11.5 Å². The number of urea groups is 1. The maximum atomic E-state index is 12.8. The molecule has 2 atom stereocenters. The third kappa shape index (κ3) is 4.00. The third-order valence-corrected chi connectivity index (χ3v) is 6.35. The Balaban J connectivity index is 1.19. The lowest BCUT2D eigenvalue weighted by Gasteiger charge is -2.40. The summed E-state index contributed by atoms with van der Waals surface area (Å²) < 4.78 is 10.7. The lowest BCUT2D eigenvalue weighted by atomic mass is 9.82. The van der Waals surface area contributed by atoms with E-state index in [1.807, 2.05) is 18.2 Å². The molecule has 2 unspecified atom stereocenters. The highest BCUT2D eigenvalue weighted by Gasteiger charge is 2.41. The second kappa shape index (κ2) is 8.53. The van der Waals surface area contributed by atoms with Crippen LogP contribution in [0.3, 0.4) is 0 Å². The number of hydrogen-bond donors (Lipinski definition) is 2. The Kier molecular flexibility index (Phi) is 5.43. The van der Waals surface area contributed by atoms with E-state index in [2.05, 4.69) is 10.6 Å². The zero-order chi connectivity index (χ0) is 22.1. The molecule has 0 spiro atoms. The summed E-state index contributed by atoms with van der Waals surface area (Å²) in [5, 5.41) is 5.87. The average molecular weight is 435 g/mol. The first-order chi connectivity index (χ1) is 15.6. The highest BCUT2D eigenvalue weighted by Crippen LogP contribution is 2.32. The van der Waals surface area contributed by atoms with Crippen LogP contribution in [0, 0.1) is 5.92 Å². The fraction of sp³-hybridized carbons (Fsp3) is 0.375. The molecule has 1 aliphatic carbocycles. The number of nitrogens with zero attached hydrogens (tertiary/aromatic N) is 1. The van der Waals surface area contributed by atoms with E-state index in [-0.39, 0.29) is 43.1 Å². The van der Waals surface area contributed by atoms with Crippen LogP contribution in [-0.2, 0) is 17.9 Å². The molecule has 2 aromatic carbocycles. The summed E-state index contributed by atoms with van der Waals surface area (Å²) in [6.45, 7) is 0.776. The molecular weight excluding hydrogens is 410 g/mol. The Morgan fingerprint density at radius 2 is 1.75 bits per heavy atom. The molecule has 1 saturated heterocycles. The van der Waals surface area contributed by atoms with Crippen LogP contribution in [-0.4, -0.2) is 35.6 Å². The van der Waals surface area contributed by atoms with Gasteiger partial charge in [-0.25, -0.2) is 4.79 Å². The summed E-state index contributed by atoms with van der Waals surface area (Å²) in [5.74, 6) is 0.963. The topological polar surface area (TPSA) is 97.0 Å². The molecule has 8 heteroatoms. The van der Waals surface area contributed by atoms with E-state index >= 15 is 0 Å². The number of amides is 4. The molecule has 32 heavy (non-hydrogen) atoms. The van der Waals surface area contributed by atoms with Crippen molar-refractivity contribution in [2.24, 2.45) is 5.92 Å². The van der Waals surface area contributed by atoms with Gasteiger partial charge in [0.25, 0.3) is 5.91 Å². The summed E-state index contributed by atoms with van der Waals surface area (Å²) in [7, 11) is 0. The van der Waals surface area contributed by atoms with E-state index in [9.17, 15) is 14.4 Å². The minimum absolute atomic E-state index is 0.0316. The summed E-state index contributed by atoms with van der Waals surface area (Å²) in [4.78, 5) is 39.1. The van der Waals surface area contributed by atoms with E-state index in [0.717, 1.165) is 36.8 Å². The van der Waals surface area contributed by atoms with Crippen molar-refractivity contribution < 1.29 is 23.9 Å². The zero-order valence-corrected chi connectivity index (χ0v) is 17.6. The molecule has 0 aromatic heterocycles. The first-order valence-electron chi connectivity index (χ1n) is 11.0. The van der Waals surface area contributed by atoms with Crippen molar-refractivity contribution in [3.63, 3.8) is 0 Å². The van der Waals surface area contributed by atoms with Crippen LogP contribution in [0.4, 0.5) is 4.79 Å². The predicted octanol–water partition coefficient (Wildman–Crippen LogP) is 2.96. The zero-order valence-electron chi connectivity index (χ0n) is 17.6. The van der Waals surface area contributed by atoms with Crippen LogP contribution in [0.1, 0.15) is 47.2 Å². The van der Waals surface area contributed by atoms with Crippen molar-refractivity contribution in [1.29, 1.82) is 0 Å². The number of carbonyl (C=O) groups is 3. The van der Waals surface area contributed by atoms with Gasteiger partial charge < -0.3 is 20.1 Å². The molecule has 166 valence electrons. The number of carbonyl (C=O) groups excluding carboxylic acids is 3. The molecule has 0 bridgehead atoms. The minimum atomic E-state index is -0.330. The first-order valence-corrected chi connectivity index (χ1v) is 11.0. The maximum absolute atomic E-state index is 12.8. The molecule has 1 saturated carbocycles. The molecular formula is C24H25N3O5. The monoisotopic (exact) mass is 435 g/mol. The second-order valence-electron chi connectivity index (χ2n) is 8.44. The van der Waals surface area contributed by atoms with Crippen molar-refractivity contribution in [1.82, 2.24) is 15.5 Å². The Morgan fingerprint density at radius 1 is 1.00 bits per heavy atom. The van der Waals surface area contributed by atoms with Gasteiger partial charge >= 0.3 is 6.03 Å². The molecule has 2 aliphatic heterocycles. The number of imide groups is 1. The number of hydrogen-bond acceptors (Lipinski definition) is 5. The Hall–Kier alpha value is -3.55. The van der Waals surface area contributed by atoms with Gasteiger partial charge in [-0.1, -0.05) is 31.0 Å². The molecule has 5 rings (SSSR count). The van der Waals surface area contributed by atoms with Gasteiger partial charge in [0.2, 0.25) is 12.7 Å². The van der Waals surface area contributed by atoms with Crippen LogP contribution in [0.2, 0.25) is 0 Å². The van der Waals surface area contributed by atoms with Crippen molar-refractivity contribution in [3.8, 4) is 11.5 Å². The lowest BCUT2D eigenvalue weighted by molar-refractivity contribution is -0.137. The standard InChI is InChI=1S/C24H25N3O5/c28-22(25-12-16-7-10-20-21(11-16)32-14-31-20)17-8-5-15(6-9-17)13-27-23(29)18-3-1-2-4-19(18)26-24(27)30/h5-11,18-19H,1-4,12-14H2,(H,25,28)(H,26,30). The summed E-state index contributed by atoms with van der Waals surface area (Å²) in [6.07, 6.45) is 3.76. The van der Waals surface area contributed by atoms with E-state index in [1.54, 1.807) is 24.3 Å². The number of benzene rings is 2. The van der Waals surface area contributed by atoms with Gasteiger partial charge in [0.1, 0.15) is 0 Å². The van der Waals surface area contributed by atoms with Crippen molar-refractivity contribution >= 4 is 17.8 Å². The van der Waals surface area contributed by atoms with E-state index in [0.29, 0.717) is 23.6 Å². The number of rotatable bonds is 5. The third-order valence-electron chi connectivity index (χ3n) is 6.35. The average Bonchev–Trinajstić information content (AvgIpc) is 3.28. The summed E-state index contributed by atoms with van der Waals surface area (Å²) in [5.41, 5.74) is 2.22. The van der Waals surface area contributed by atoms with E-state index < -0.39 is 0 Å². The molecule has 4 amide bonds. The highest BCUT2D eigenvalue weighted by molar-refractivity contribution is 5.98. The van der Waals surface area contributed by atoms with Crippen LogP contribution < -0.4 is 20.1 Å². The maximum Gasteiger partial charge on any atom is 0.324 e. The number of fused-ring (bicyclic) bond motifs is 2. The summed E-state index contributed by atoms with van der Waals surface area (Å²) >= 11 is 0. The lowest BCUT2D eigenvalue weighted by Crippen LogP contribution is -2.60. The minimum Gasteiger partial charge on any atom is -0.454 e. The van der Waals surface area contributed by atoms with Gasteiger partial charge in [-0.05, 0) is 48.2 Å². The van der Waals surface area contributed by atoms with Gasteiger partial charge in [0.05, 0.1) is 12.5 Å². The molecule has 2 aromatic rings. The summed E-state index contributed by atoms with van der Waals surface area (Å²) in [6, 6.07) is 12.2. The van der Waals surface area contributed by atoms with Gasteiger partial charge in [0, 0.05) is 18.2 Å². The fourth-order valence-electron chi connectivity index (χ4n) is 4.57. The quantitative estimate of drug-likeness (QED) is 0.753. The predicted molar refractivity (Wildman–Crippen MR) is 115 cm³/mol. The van der Waals surface area contributed by atoms with Crippen molar-refractivity contribution in [2.45, 2.75) is 44.8 Å². The van der Waals surface area contributed by atoms with Gasteiger partial charge in [-0.3, -0.25) is 14.5 Å². The SMILES string of the molecule is O=C(NCc1ccc2c(c1)OCO2)c1ccc(CN2C(=O)NC3CCCCC3C2=O)cc1. The van der Waals surface area contributed by atoms with Crippen molar-refractivity contribution in [2.75, 3.05) is 6.79 Å². The molecule has 2 heterocycles. The van der Waals surface area contributed by atoms with Gasteiger partial charge in [0.15, 0.2) is 11.5 Å². The first kappa shape index (κ1) is 20.4. The fourth-order valence-corrected chi connectivity index (χ4v) is 4.57. The van der Waals surface area contributed by atoms with Gasteiger partial charge in [-0.15, -0.1) is 0 Å². The Morgan fingerprint density at radius 3 is 2.59 bits per heavy atom. The Labute approximate surface area is 185 Å². The highest BCUT2D eigenvalue weighted by atomic mass is 16.7. The molecule has 3 aliphatic rings. The van der Waals surface area contributed by atoms with Crippen molar-refractivity contribution in [3.05, 3.63) is 59.2 Å². The second-order valence-corrected chi connectivity index (χ2v) is 8.44. The smallest absolute Gasteiger partial charge is 0.324 e. The normalized spacial score (nSPS) is 21.7. The largest absolute Gasteiger partial charge is 0.454 e. The Bertz CT molecular complexity index is 1050. The number of ether oxygens (including phenoxy) is 2. The molecule has 0 radical (unpaired) electrons. The molecule has 8 nitrogen and oxygen atoms in total. The van der Waals surface area contributed by atoms with Crippen LogP contribution in [0.25, 0.3) is 0 Å². The number of nitrogens with one attached hydrogen (secondary N) is 2. The molecule has 2 fully saturated rings. The van der Waals surface area contributed by atoms with E-state index in [1.165, 1.54) is 4.90 Å².